The molecule has 28 heavy (non-hydrogen) atoms. The van der Waals surface area contributed by atoms with Crippen molar-refractivity contribution in [3.63, 3.8) is 0 Å². The molecule has 2 aromatic carbocycles. The highest BCUT2D eigenvalue weighted by Gasteiger charge is 2.34. The van der Waals surface area contributed by atoms with E-state index in [1.165, 1.54) is 7.05 Å². The van der Waals surface area contributed by atoms with E-state index in [9.17, 15) is 13.2 Å². The summed E-state index contributed by atoms with van der Waals surface area (Å²) in [6.45, 7) is 0.873. The molecule has 1 aromatic heterocycles. The molecule has 1 heterocycles. The summed E-state index contributed by atoms with van der Waals surface area (Å²) in [5.41, 5.74) is 2.85. The van der Waals surface area contributed by atoms with Gasteiger partial charge in [-0.05, 0) is 50.8 Å². The number of hydrogen-bond donors (Lipinski definition) is 2. The van der Waals surface area contributed by atoms with Crippen molar-refractivity contribution >= 4 is 26.7 Å². The summed E-state index contributed by atoms with van der Waals surface area (Å²) >= 11 is 0. The minimum absolute atomic E-state index is 0.369. The third-order valence-corrected chi connectivity index (χ3v) is 6.49. The van der Waals surface area contributed by atoms with Crippen molar-refractivity contribution in [2.75, 3.05) is 27.7 Å². The number of nitrogens with one attached hydrogen (secondary N) is 2. The predicted octanol–water partition coefficient (Wildman–Crippen LogP) is 2.75. The Balaban J connectivity index is 2.08. The van der Waals surface area contributed by atoms with E-state index in [0.717, 1.165) is 29.4 Å². The number of nitrogens with zero attached hydrogens (tertiary/aromatic N) is 1. The van der Waals surface area contributed by atoms with Gasteiger partial charge in [0.05, 0.1) is 0 Å². The highest BCUT2D eigenvalue weighted by Crippen LogP contribution is 2.30. The Hall–Kier alpha value is -2.48. The SMILES string of the molecule is CNS(=O)(=O)C(C(=O)c1ccccc1)c1ccc2[nH]cc(CCN(C)C)c2c1. The van der Waals surface area contributed by atoms with Crippen molar-refractivity contribution in [2.45, 2.75) is 11.7 Å². The molecule has 2 N–H and O–H groups in total. The van der Waals surface area contributed by atoms with Crippen LogP contribution in [0.2, 0.25) is 0 Å². The third-order valence-electron chi connectivity index (χ3n) is 4.81. The Labute approximate surface area is 165 Å². The van der Waals surface area contributed by atoms with Crippen LogP contribution in [0.15, 0.2) is 54.7 Å². The molecule has 1 atom stereocenters. The van der Waals surface area contributed by atoms with E-state index in [1.54, 1.807) is 36.4 Å². The van der Waals surface area contributed by atoms with Crippen molar-refractivity contribution in [1.29, 1.82) is 0 Å². The lowest BCUT2D eigenvalue weighted by Crippen LogP contribution is -2.31. The lowest BCUT2D eigenvalue weighted by Gasteiger charge is -2.17. The van der Waals surface area contributed by atoms with Crippen LogP contribution in [0.1, 0.15) is 26.7 Å². The van der Waals surface area contributed by atoms with Gasteiger partial charge in [-0.1, -0.05) is 36.4 Å². The number of Topliss-reactive ketones (excluding diaryl/α,β-unsaturated/α-hetero) is 1. The monoisotopic (exact) mass is 399 g/mol. The van der Waals surface area contributed by atoms with E-state index in [1.807, 2.05) is 32.4 Å². The lowest BCUT2D eigenvalue weighted by molar-refractivity contribution is 0.0986. The highest BCUT2D eigenvalue weighted by atomic mass is 32.2. The van der Waals surface area contributed by atoms with Crippen LogP contribution in [0.25, 0.3) is 10.9 Å². The number of carbonyl (C=O) groups excluding carboxylic acids is 1. The molecule has 0 spiro atoms. The number of benzene rings is 2. The number of ketones is 1. The van der Waals surface area contributed by atoms with Crippen LogP contribution in [0.3, 0.4) is 0 Å². The highest BCUT2D eigenvalue weighted by molar-refractivity contribution is 7.90. The van der Waals surface area contributed by atoms with Crippen LogP contribution >= 0.6 is 0 Å². The lowest BCUT2D eigenvalue weighted by atomic mass is 10.00. The zero-order valence-electron chi connectivity index (χ0n) is 16.3. The van der Waals surface area contributed by atoms with E-state index < -0.39 is 21.1 Å². The van der Waals surface area contributed by atoms with E-state index in [-0.39, 0.29) is 0 Å². The fourth-order valence-electron chi connectivity index (χ4n) is 3.25. The molecule has 0 radical (unpaired) electrons. The van der Waals surface area contributed by atoms with Gasteiger partial charge < -0.3 is 9.88 Å². The second-order valence-corrected chi connectivity index (χ2v) is 9.00. The van der Waals surface area contributed by atoms with Crippen LogP contribution in [-0.2, 0) is 16.4 Å². The van der Waals surface area contributed by atoms with Gasteiger partial charge in [-0.15, -0.1) is 0 Å². The fraction of sp³-hybridized carbons (Fsp3) is 0.286. The van der Waals surface area contributed by atoms with Crippen molar-refractivity contribution < 1.29 is 13.2 Å². The van der Waals surface area contributed by atoms with Gasteiger partial charge in [0.2, 0.25) is 10.0 Å². The molecule has 0 aliphatic rings. The maximum Gasteiger partial charge on any atom is 0.226 e. The zero-order valence-corrected chi connectivity index (χ0v) is 17.1. The van der Waals surface area contributed by atoms with Crippen LogP contribution in [0.4, 0.5) is 0 Å². The number of H-pyrrole nitrogens is 1. The Kier molecular flexibility index (Phi) is 5.98. The fourth-order valence-corrected chi connectivity index (χ4v) is 4.41. The Morgan fingerprint density at radius 1 is 1.14 bits per heavy atom. The Morgan fingerprint density at radius 3 is 2.50 bits per heavy atom. The number of carbonyl (C=O) groups is 1. The number of rotatable bonds is 8. The van der Waals surface area contributed by atoms with Gasteiger partial charge in [-0.2, -0.15) is 0 Å². The summed E-state index contributed by atoms with van der Waals surface area (Å²) in [6.07, 6.45) is 2.77. The maximum absolute atomic E-state index is 13.1. The zero-order chi connectivity index (χ0) is 20.3. The first kappa shape index (κ1) is 20.3. The summed E-state index contributed by atoms with van der Waals surface area (Å²) < 4.78 is 27.8. The van der Waals surface area contributed by atoms with Gasteiger partial charge in [-0.25, -0.2) is 13.1 Å². The summed E-state index contributed by atoms with van der Waals surface area (Å²) in [4.78, 5) is 18.4. The number of aromatic nitrogens is 1. The number of fused-ring (bicyclic) bond motifs is 1. The minimum atomic E-state index is -3.87. The molecule has 0 aliphatic heterocycles. The molecule has 3 aromatic rings. The largest absolute Gasteiger partial charge is 0.361 e. The van der Waals surface area contributed by atoms with E-state index in [0.29, 0.717) is 11.1 Å². The van der Waals surface area contributed by atoms with Gasteiger partial charge >= 0.3 is 0 Å². The minimum Gasteiger partial charge on any atom is -0.361 e. The second kappa shape index (κ2) is 8.26. The molecular formula is C21H25N3O3S. The van der Waals surface area contributed by atoms with Gasteiger partial charge in [0.15, 0.2) is 11.0 Å². The third kappa shape index (κ3) is 4.16. The molecule has 1 unspecified atom stereocenters. The number of sulfonamides is 1. The average Bonchev–Trinajstić information content (AvgIpc) is 3.09. The van der Waals surface area contributed by atoms with Gasteiger partial charge in [-0.3, -0.25) is 4.79 Å². The molecule has 0 bridgehead atoms. The summed E-state index contributed by atoms with van der Waals surface area (Å²) in [5, 5.41) is -0.364. The summed E-state index contributed by atoms with van der Waals surface area (Å²) in [6, 6.07) is 13.9. The summed E-state index contributed by atoms with van der Waals surface area (Å²) in [7, 11) is 1.48. The van der Waals surface area contributed by atoms with Crippen molar-refractivity contribution in [3.05, 3.63) is 71.4 Å². The maximum atomic E-state index is 13.1. The van der Waals surface area contributed by atoms with E-state index in [4.69, 9.17) is 0 Å². The van der Waals surface area contributed by atoms with Gasteiger partial charge in [0.25, 0.3) is 0 Å². The molecule has 0 amide bonds. The molecule has 3 rings (SSSR count). The molecular weight excluding hydrogens is 374 g/mol. The van der Waals surface area contributed by atoms with Crippen molar-refractivity contribution in [2.24, 2.45) is 0 Å². The van der Waals surface area contributed by atoms with E-state index in [2.05, 4.69) is 14.6 Å². The van der Waals surface area contributed by atoms with Crippen molar-refractivity contribution in [3.8, 4) is 0 Å². The van der Waals surface area contributed by atoms with Crippen LogP contribution in [-0.4, -0.2) is 51.8 Å². The van der Waals surface area contributed by atoms with Crippen LogP contribution < -0.4 is 4.72 Å². The number of likely N-dealkylation sites (N-methyl/N-ethyl adjacent to an activating group) is 1. The Bertz CT molecular complexity index is 1070. The van der Waals surface area contributed by atoms with Crippen molar-refractivity contribution in [1.82, 2.24) is 14.6 Å². The molecule has 0 saturated carbocycles. The van der Waals surface area contributed by atoms with E-state index >= 15 is 0 Å². The first-order chi connectivity index (χ1) is 13.3. The normalized spacial score (nSPS) is 13.1. The molecule has 6 nitrogen and oxygen atoms in total. The second-order valence-electron chi connectivity index (χ2n) is 7.03. The smallest absolute Gasteiger partial charge is 0.226 e. The van der Waals surface area contributed by atoms with Gasteiger partial charge in [0, 0.05) is 29.2 Å². The Morgan fingerprint density at radius 2 is 1.86 bits per heavy atom. The van der Waals surface area contributed by atoms with Gasteiger partial charge in [0.1, 0.15) is 0 Å². The topological polar surface area (TPSA) is 82.3 Å². The first-order valence-electron chi connectivity index (χ1n) is 9.09. The summed E-state index contributed by atoms with van der Waals surface area (Å²) in [5.74, 6) is -0.445. The van der Waals surface area contributed by atoms with Crippen LogP contribution in [0.5, 0.6) is 0 Å². The molecule has 0 aliphatic carbocycles. The first-order valence-corrected chi connectivity index (χ1v) is 10.6. The molecule has 0 saturated heterocycles. The standard InChI is InChI=1S/C21H25N3O3S/c1-22-28(26,27)21(20(25)15-7-5-4-6-8-15)16-9-10-19-18(13-16)17(14-23-19)11-12-24(2)3/h4-10,13-14,21-23H,11-12H2,1-3H3. The molecule has 0 fully saturated rings. The molecule has 148 valence electrons. The quantitative estimate of drug-likeness (QED) is 0.571. The molecule has 7 heteroatoms. The van der Waals surface area contributed by atoms with Crippen LogP contribution in [0, 0.1) is 0 Å². The number of hydrogen-bond acceptors (Lipinski definition) is 4. The predicted molar refractivity (Wildman–Crippen MR) is 112 cm³/mol. The average molecular weight is 400 g/mol. The number of aromatic amines is 1.